The summed E-state index contributed by atoms with van der Waals surface area (Å²) in [6.07, 6.45) is 2.18. The minimum atomic E-state index is 0.698. The van der Waals surface area contributed by atoms with E-state index < -0.39 is 0 Å². The van der Waals surface area contributed by atoms with Gasteiger partial charge >= 0.3 is 0 Å². The molecule has 0 radical (unpaired) electrons. The van der Waals surface area contributed by atoms with E-state index in [1.165, 1.54) is 16.1 Å². The normalized spacial score (nSPS) is 10.8. The highest BCUT2D eigenvalue weighted by atomic mass is 32.1. The molecular weight excluding hydrogens is 280 g/mol. The van der Waals surface area contributed by atoms with Crippen LogP contribution in [0.4, 0.5) is 0 Å². The summed E-state index contributed by atoms with van der Waals surface area (Å²) in [5, 5.41) is 4.51. The van der Waals surface area contributed by atoms with Crippen LogP contribution in [0.15, 0.2) is 24.3 Å². The molecule has 0 amide bonds. The number of nitrogens with zero attached hydrogens (tertiary/aromatic N) is 1. The van der Waals surface area contributed by atoms with Gasteiger partial charge in [-0.1, -0.05) is 20.3 Å². The Labute approximate surface area is 131 Å². The minimum Gasteiger partial charge on any atom is -0.494 e. The smallest absolute Gasteiger partial charge is 0.123 e. The molecule has 1 aromatic heterocycles. The van der Waals surface area contributed by atoms with Gasteiger partial charge in [0.2, 0.25) is 0 Å². The Morgan fingerprint density at radius 3 is 2.52 bits per heavy atom. The van der Waals surface area contributed by atoms with Crippen LogP contribution in [0.2, 0.25) is 0 Å². The molecule has 0 bridgehead atoms. The maximum absolute atomic E-state index is 5.49. The summed E-state index contributed by atoms with van der Waals surface area (Å²) >= 11 is 1.80. The van der Waals surface area contributed by atoms with Crippen molar-refractivity contribution >= 4 is 11.3 Å². The molecule has 2 rings (SSSR count). The molecule has 0 aliphatic rings. The van der Waals surface area contributed by atoms with Crippen molar-refractivity contribution in [3.63, 3.8) is 0 Å². The van der Waals surface area contributed by atoms with E-state index in [2.05, 4.69) is 31.3 Å². The number of hydrogen-bond donors (Lipinski definition) is 1. The summed E-state index contributed by atoms with van der Waals surface area (Å²) in [6, 6.07) is 8.22. The van der Waals surface area contributed by atoms with Crippen LogP contribution in [0.3, 0.4) is 0 Å². The highest BCUT2D eigenvalue weighted by molar-refractivity contribution is 7.15. The molecule has 1 heterocycles. The van der Waals surface area contributed by atoms with Gasteiger partial charge in [0.05, 0.1) is 12.3 Å². The van der Waals surface area contributed by atoms with E-state index in [1.807, 2.05) is 19.1 Å². The van der Waals surface area contributed by atoms with Crippen molar-refractivity contribution < 1.29 is 4.74 Å². The molecule has 0 saturated heterocycles. The molecule has 1 aromatic carbocycles. The van der Waals surface area contributed by atoms with Crippen molar-refractivity contribution in [3.8, 4) is 16.3 Å². The van der Waals surface area contributed by atoms with Crippen LogP contribution in [0.25, 0.3) is 10.6 Å². The van der Waals surface area contributed by atoms with Crippen molar-refractivity contribution in [1.82, 2.24) is 10.3 Å². The summed E-state index contributed by atoms with van der Waals surface area (Å²) < 4.78 is 5.49. The molecule has 114 valence electrons. The minimum absolute atomic E-state index is 0.698. The molecular formula is C17H24N2OS. The number of rotatable bonds is 8. The Balaban J connectivity index is 2.21. The zero-order valence-corrected chi connectivity index (χ0v) is 13.9. The first-order valence-corrected chi connectivity index (χ1v) is 8.52. The predicted octanol–water partition coefficient (Wildman–Crippen LogP) is 4.27. The van der Waals surface area contributed by atoms with E-state index in [0.29, 0.717) is 6.61 Å². The second kappa shape index (κ2) is 8.15. The number of nitrogens with one attached hydrogen (secondary N) is 1. The van der Waals surface area contributed by atoms with E-state index >= 15 is 0 Å². The molecule has 0 unspecified atom stereocenters. The fraction of sp³-hybridized carbons (Fsp3) is 0.471. The second-order valence-electron chi connectivity index (χ2n) is 4.88. The molecule has 2 aromatic rings. The average Bonchev–Trinajstić information content (AvgIpc) is 2.90. The molecule has 0 spiro atoms. The van der Waals surface area contributed by atoms with Gasteiger partial charge in [-0.2, -0.15) is 0 Å². The van der Waals surface area contributed by atoms with Crippen LogP contribution in [-0.2, 0) is 13.0 Å². The van der Waals surface area contributed by atoms with Crippen LogP contribution in [-0.4, -0.2) is 18.1 Å². The molecule has 0 aliphatic heterocycles. The van der Waals surface area contributed by atoms with Crippen LogP contribution in [0.5, 0.6) is 5.75 Å². The van der Waals surface area contributed by atoms with Gasteiger partial charge in [-0.3, -0.25) is 0 Å². The first-order chi connectivity index (χ1) is 10.3. The first kappa shape index (κ1) is 16.0. The maximum atomic E-state index is 5.49. The van der Waals surface area contributed by atoms with Crippen LogP contribution in [0, 0.1) is 0 Å². The van der Waals surface area contributed by atoms with Crippen LogP contribution >= 0.6 is 11.3 Å². The zero-order valence-electron chi connectivity index (χ0n) is 13.1. The van der Waals surface area contributed by atoms with Gasteiger partial charge in [-0.25, -0.2) is 4.98 Å². The number of benzene rings is 1. The van der Waals surface area contributed by atoms with Gasteiger partial charge < -0.3 is 10.1 Å². The lowest BCUT2D eigenvalue weighted by molar-refractivity contribution is 0.340. The SMILES string of the molecule is CCCc1nc(-c2ccc(OCC)cc2)sc1CNCC. The lowest BCUT2D eigenvalue weighted by Crippen LogP contribution is -2.11. The zero-order chi connectivity index (χ0) is 15.1. The second-order valence-corrected chi connectivity index (χ2v) is 5.96. The molecule has 0 aliphatic carbocycles. The van der Waals surface area contributed by atoms with Crippen LogP contribution < -0.4 is 10.1 Å². The predicted molar refractivity (Wildman–Crippen MR) is 90.1 cm³/mol. The fourth-order valence-electron chi connectivity index (χ4n) is 2.18. The van der Waals surface area contributed by atoms with E-state index in [-0.39, 0.29) is 0 Å². The Morgan fingerprint density at radius 2 is 1.90 bits per heavy atom. The van der Waals surface area contributed by atoms with Gasteiger partial charge in [0.25, 0.3) is 0 Å². The van der Waals surface area contributed by atoms with E-state index in [9.17, 15) is 0 Å². The van der Waals surface area contributed by atoms with Gasteiger partial charge in [0.1, 0.15) is 10.8 Å². The number of ether oxygens (including phenoxy) is 1. The number of aromatic nitrogens is 1. The molecule has 4 heteroatoms. The third-order valence-corrected chi connectivity index (χ3v) is 4.36. The summed E-state index contributed by atoms with van der Waals surface area (Å²) in [7, 11) is 0. The summed E-state index contributed by atoms with van der Waals surface area (Å²) in [6.45, 7) is 8.94. The fourth-order valence-corrected chi connectivity index (χ4v) is 3.26. The van der Waals surface area contributed by atoms with Gasteiger partial charge in [0.15, 0.2) is 0 Å². The number of hydrogen-bond acceptors (Lipinski definition) is 4. The van der Waals surface area contributed by atoms with Crippen LogP contribution in [0.1, 0.15) is 37.8 Å². The summed E-state index contributed by atoms with van der Waals surface area (Å²) in [5.74, 6) is 0.916. The molecule has 1 N–H and O–H groups in total. The Morgan fingerprint density at radius 1 is 1.14 bits per heavy atom. The van der Waals surface area contributed by atoms with Crippen molar-refractivity contribution in [1.29, 1.82) is 0 Å². The number of thiazole rings is 1. The molecule has 0 saturated carbocycles. The third-order valence-electron chi connectivity index (χ3n) is 3.21. The first-order valence-electron chi connectivity index (χ1n) is 7.71. The van der Waals surface area contributed by atoms with Crippen molar-refractivity contribution in [2.75, 3.05) is 13.2 Å². The largest absolute Gasteiger partial charge is 0.494 e. The quantitative estimate of drug-likeness (QED) is 0.791. The highest BCUT2D eigenvalue weighted by Gasteiger charge is 2.11. The molecule has 21 heavy (non-hydrogen) atoms. The van der Waals surface area contributed by atoms with Crippen molar-refractivity contribution in [2.24, 2.45) is 0 Å². The Bertz CT molecular complexity index is 548. The van der Waals surface area contributed by atoms with Crippen molar-refractivity contribution in [2.45, 2.75) is 40.2 Å². The third kappa shape index (κ3) is 4.29. The molecule has 0 fully saturated rings. The summed E-state index contributed by atoms with van der Waals surface area (Å²) in [5.41, 5.74) is 2.41. The standard InChI is InChI=1S/C17H24N2OS/c1-4-7-15-16(12-18-5-2)21-17(19-15)13-8-10-14(11-9-13)20-6-3/h8-11,18H,4-7,12H2,1-3H3. The van der Waals surface area contributed by atoms with Gasteiger partial charge in [-0.15, -0.1) is 11.3 Å². The monoisotopic (exact) mass is 304 g/mol. The maximum Gasteiger partial charge on any atom is 0.123 e. The van der Waals surface area contributed by atoms with Gasteiger partial charge in [-0.05, 0) is 44.2 Å². The summed E-state index contributed by atoms with van der Waals surface area (Å²) in [4.78, 5) is 6.20. The Hall–Kier alpha value is -1.39. The van der Waals surface area contributed by atoms with E-state index in [0.717, 1.165) is 36.7 Å². The number of aryl methyl sites for hydroxylation is 1. The average molecular weight is 304 g/mol. The molecule has 0 atom stereocenters. The van der Waals surface area contributed by atoms with E-state index in [1.54, 1.807) is 11.3 Å². The lowest BCUT2D eigenvalue weighted by atomic mass is 10.2. The Kier molecular flexibility index (Phi) is 6.21. The molecule has 3 nitrogen and oxygen atoms in total. The lowest BCUT2D eigenvalue weighted by Gasteiger charge is -2.02. The van der Waals surface area contributed by atoms with E-state index in [4.69, 9.17) is 9.72 Å². The van der Waals surface area contributed by atoms with Gasteiger partial charge in [0, 0.05) is 17.0 Å². The highest BCUT2D eigenvalue weighted by Crippen LogP contribution is 2.30. The topological polar surface area (TPSA) is 34.1 Å². The van der Waals surface area contributed by atoms with Crippen molar-refractivity contribution in [3.05, 3.63) is 34.8 Å².